The maximum Gasteiger partial charge on any atom is 0.341 e. The first-order valence-corrected chi connectivity index (χ1v) is 3.29. The van der Waals surface area contributed by atoms with Crippen LogP contribution in [0, 0.1) is 0 Å². The number of carboxylic acid groups (broad SMARTS) is 2. The van der Waals surface area contributed by atoms with Gasteiger partial charge in [-0.25, -0.2) is 4.79 Å². The lowest BCUT2D eigenvalue weighted by atomic mass is 10.2. The van der Waals surface area contributed by atoms with E-state index in [-0.39, 0.29) is 0 Å². The van der Waals surface area contributed by atoms with Gasteiger partial charge in [-0.05, 0) is 0 Å². The van der Waals surface area contributed by atoms with Crippen molar-refractivity contribution in [1.82, 2.24) is 0 Å². The highest BCUT2D eigenvalue weighted by atomic mass is 16.6. The molecule has 1 unspecified atom stereocenters. The second-order valence-corrected chi connectivity index (χ2v) is 2.21. The van der Waals surface area contributed by atoms with Gasteiger partial charge in [-0.2, -0.15) is 0 Å². The van der Waals surface area contributed by atoms with Crippen molar-refractivity contribution in [2.45, 2.75) is 12.5 Å². The van der Waals surface area contributed by atoms with Crippen LogP contribution in [0.3, 0.4) is 0 Å². The summed E-state index contributed by atoms with van der Waals surface area (Å²) in [7, 11) is 0. The number of aliphatic carboxylic acids is 2. The second-order valence-electron chi connectivity index (χ2n) is 2.21. The molecule has 7 heteroatoms. The molecular weight excluding hydrogens is 182 g/mol. The van der Waals surface area contributed by atoms with Gasteiger partial charge in [0.05, 0.1) is 6.42 Å². The Morgan fingerprint density at radius 1 is 1.23 bits per heavy atom. The molecule has 0 aromatic rings. The van der Waals surface area contributed by atoms with E-state index in [1.54, 1.807) is 0 Å². The number of nitrogens with two attached hydrogens (primary N) is 1. The van der Waals surface area contributed by atoms with Crippen LogP contribution in [-0.4, -0.2) is 40.8 Å². The first-order chi connectivity index (χ1) is 5.93. The van der Waals surface area contributed by atoms with Crippen molar-refractivity contribution in [2.24, 2.45) is 5.73 Å². The van der Waals surface area contributed by atoms with Gasteiger partial charge in [-0.1, -0.05) is 0 Å². The molecular formula is C6H9NO6. The Morgan fingerprint density at radius 2 is 1.77 bits per heavy atom. The normalized spacial score (nSPS) is 11.8. The molecule has 7 nitrogen and oxygen atoms in total. The quantitative estimate of drug-likeness (QED) is 0.447. The first kappa shape index (κ1) is 11.4. The smallest absolute Gasteiger partial charge is 0.341 e. The molecule has 74 valence electrons. The molecule has 0 rings (SSSR count). The van der Waals surface area contributed by atoms with Crippen molar-refractivity contribution in [3.8, 4) is 0 Å². The number of esters is 1. The van der Waals surface area contributed by atoms with Crippen molar-refractivity contribution >= 4 is 17.9 Å². The fourth-order valence-corrected chi connectivity index (χ4v) is 0.511. The molecule has 0 fully saturated rings. The van der Waals surface area contributed by atoms with E-state index in [2.05, 4.69) is 4.74 Å². The molecule has 0 radical (unpaired) electrons. The molecule has 13 heavy (non-hydrogen) atoms. The van der Waals surface area contributed by atoms with Crippen LogP contribution in [-0.2, 0) is 19.1 Å². The fourth-order valence-electron chi connectivity index (χ4n) is 0.511. The Kier molecular flexibility index (Phi) is 4.45. The zero-order valence-corrected chi connectivity index (χ0v) is 6.60. The van der Waals surface area contributed by atoms with Crippen molar-refractivity contribution in [3.05, 3.63) is 0 Å². The molecule has 0 aliphatic heterocycles. The third kappa shape index (κ3) is 5.62. The topological polar surface area (TPSA) is 127 Å². The minimum Gasteiger partial charge on any atom is -0.481 e. The van der Waals surface area contributed by atoms with Crippen LogP contribution in [0.15, 0.2) is 0 Å². The van der Waals surface area contributed by atoms with Crippen LogP contribution in [0.1, 0.15) is 6.42 Å². The van der Waals surface area contributed by atoms with Gasteiger partial charge in [-0.15, -0.1) is 0 Å². The van der Waals surface area contributed by atoms with Crippen molar-refractivity contribution in [3.63, 3.8) is 0 Å². The van der Waals surface area contributed by atoms with E-state index in [9.17, 15) is 14.4 Å². The van der Waals surface area contributed by atoms with Gasteiger partial charge in [0.1, 0.15) is 6.04 Å². The Labute approximate surface area is 73.1 Å². The van der Waals surface area contributed by atoms with Gasteiger partial charge in [0.25, 0.3) is 0 Å². The fraction of sp³-hybridized carbons (Fsp3) is 0.500. The number of ether oxygens (including phenoxy) is 1. The molecule has 0 aliphatic carbocycles. The largest absolute Gasteiger partial charge is 0.481 e. The Bertz CT molecular complexity index is 225. The minimum absolute atomic E-state index is 0.585. The lowest BCUT2D eigenvalue weighted by molar-refractivity contribution is -0.157. The predicted octanol–water partition coefficient (Wildman–Crippen LogP) is -1.58. The number of hydrogen-bond acceptors (Lipinski definition) is 5. The molecule has 0 amide bonds. The molecule has 0 saturated carbocycles. The van der Waals surface area contributed by atoms with Crippen LogP contribution >= 0.6 is 0 Å². The van der Waals surface area contributed by atoms with E-state index in [4.69, 9.17) is 15.9 Å². The summed E-state index contributed by atoms with van der Waals surface area (Å²) in [6, 6.07) is -1.32. The second kappa shape index (κ2) is 5.09. The lowest BCUT2D eigenvalue weighted by Gasteiger charge is -2.06. The van der Waals surface area contributed by atoms with Gasteiger partial charge < -0.3 is 20.7 Å². The highest BCUT2D eigenvalue weighted by molar-refractivity contribution is 5.83. The summed E-state index contributed by atoms with van der Waals surface area (Å²) in [4.78, 5) is 30.7. The number of rotatable bonds is 5. The molecule has 0 bridgehead atoms. The highest BCUT2D eigenvalue weighted by Crippen LogP contribution is 1.92. The lowest BCUT2D eigenvalue weighted by Crippen LogP contribution is -2.35. The summed E-state index contributed by atoms with van der Waals surface area (Å²) in [5.74, 6) is -3.61. The molecule has 0 saturated heterocycles. The molecule has 0 spiro atoms. The predicted molar refractivity (Wildman–Crippen MR) is 38.8 cm³/mol. The molecule has 0 aliphatic rings. The Morgan fingerprint density at radius 3 is 2.15 bits per heavy atom. The van der Waals surface area contributed by atoms with Crippen LogP contribution in [0.25, 0.3) is 0 Å². The summed E-state index contributed by atoms with van der Waals surface area (Å²) in [5.41, 5.74) is 5.06. The van der Waals surface area contributed by atoms with Crippen molar-refractivity contribution < 1.29 is 29.3 Å². The standard InChI is InChI=1S/C6H9NO6/c7-3(1-4(8)9)6(12)13-2-5(10)11/h3H,1-2,7H2,(H,8,9)(H,10,11). The summed E-state index contributed by atoms with van der Waals surface area (Å²) >= 11 is 0. The van der Waals surface area contributed by atoms with E-state index in [0.717, 1.165) is 0 Å². The van der Waals surface area contributed by atoms with Gasteiger partial charge in [0.15, 0.2) is 6.61 Å². The maximum atomic E-state index is 10.7. The van der Waals surface area contributed by atoms with Crippen LogP contribution < -0.4 is 5.73 Å². The summed E-state index contributed by atoms with van der Waals surface area (Å²) in [6.45, 7) is -0.813. The Balaban J connectivity index is 3.82. The Hall–Kier alpha value is -1.63. The van der Waals surface area contributed by atoms with E-state index in [1.807, 2.05) is 0 Å². The van der Waals surface area contributed by atoms with Gasteiger partial charge in [-0.3, -0.25) is 9.59 Å². The zero-order valence-electron chi connectivity index (χ0n) is 6.60. The van der Waals surface area contributed by atoms with Gasteiger partial charge in [0, 0.05) is 0 Å². The number of carboxylic acids is 2. The zero-order chi connectivity index (χ0) is 10.4. The van der Waals surface area contributed by atoms with Crippen LogP contribution in [0.4, 0.5) is 0 Å². The van der Waals surface area contributed by atoms with E-state index < -0.39 is 37.0 Å². The molecule has 0 aromatic heterocycles. The van der Waals surface area contributed by atoms with E-state index >= 15 is 0 Å². The van der Waals surface area contributed by atoms with Crippen molar-refractivity contribution in [1.29, 1.82) is 0 Å². The van der Waals surface area contributed by atoms with Gasteiger partial charge in [0.2, 0.25) is 0 Å². The van der Waals surface area contributed by atoms with Crippen LogP contribution in [0.5, 0.6) is 0 Å². The number of carbonyl (C=O) groups excluding carboxylic acids is 1. The maximum absolute atomic E-state index is 10.7. The SMILES string of the molecule is NC(CC(=O)O)C(=O)OCC(=O)O. The molecule has 0 aromatic carbocycles. The monoisotopic (exact) mass is 191 g/mol. The average Bonchev–Trinajstić information content (AvgIpc) is 1.98. The number of carbonyl (C=O) groups is 3. The van der Waals surface area contributed by atoms with E-state index in [1.165, 1.54) is 0 Å². The van der Waals surface area contributed by atoms with Crippen LogP contribution in [0.2, 0.25) is 0 Å². The van der Waals surface area contributed by atoms with Crippen molar-refractivity contribution in [2.75, 3.05) is 6.61 Å². The van der Waals surface area contributed by atoms with E-state index in [0.29, 0.717) is 0 Å². The molecule has 1 atom stereocenters. The third-order valence-electron chi connectivity index (χ3n) is 1.04. The molecule has 0 heterocycles. The summed E-state index contributed by atoms with van der Waals surface area (Å²) in [5, 5.41) is 16.3. The minimum atomic E-state index is -1.32. The highest BCUT2D eigenvalue weighted by Gasteiger charge is 2.19. The summed E-state index contributed by atoms with van der Waals surface area (Å²) in [6.07, 6.45) is -0.585. The first-order valence-electron chi connectivity index (χ1n) is 3.29. The summed E-state index contributed by atoms with van der Waals surface area (Å²) < 4.78 is 4.14. The van der Waals surface area contributed by atoms with Gasteiger partial charge >= 0.3 is 17.9 Å². The number of hydrogen-bond donors (Lipinski definition) is 3. The molecule has 4 N–H and O–H groups in total. The third-order valence-corrected chi connectivity index (χ3v) is 1.04. The average molecular weight is 191 g/mol.